The molecule has 0 spiro atoms. The fourth-order valence-electron chi connectivity index (χ4n) is 1.68. The fraction of sp³-hybridized carbons (Fsp3) is 0.500. The number of hydrogen-bond donors (Lipinski definition) is 0. The molecule has 2 atom stereocenters. The van der Waals surface area contributed by atoms with E-state index in [2.05, 4.69) is 0 Å². The molecule has 1 saturated heterocycles. The van der Waals surface area contributed by atoms with E-state index in [-0.39, 0.29) is 6.10 Å². The highest BCUT2D eigenvalue weighted by atomic mass is 16.7. The van der Waals surface area contributed by atoms with Gasteiger partial charge in [-0.1, -0.05) is 6.07 Å². The van der Waals surface area contributed by atoms with Crippen LogP contribution in [-0.4, -0.2) is 26.1 Å². The molecule has 2 heterocycles. The van der Waals surface area contributed by atoms with Crippen LogP contribution in [0.3, 0.4) is 0 Å². The number of rotatable bonds is 4. The van der Waals surface area contributed by atoms with Gasteiger partial charge in [-0.2, -0.15) is 0 Å². The van der Waals surface area contributed by atoms with Crippen molar-refractivity contribution in [2.24, 2.45) is 0 Å². The summed E-state index contributed by atoms with van der Waals surface area (Å²) in [6.07, 6.45) is 0.357. The minimum Gasteiger partial charge on any atom is -0.454 e. The summed E-state index contributed by atoms with van der Waals surface area (Å²) in [6, 6.07) is 5.90. The largest absolute Gasteiger partial charge is 0.454 e. The van der Waals surface area contributed by atoms with Gasteiger partial charge in [0.15, 0.2) is 11.5 Å². The van der Waals surface area contributed by atoms with Gasteiger partial charge >= 0.3 is 0 Å². The minimum atomic E-state index is 0.0544. The van der Waals surface area contributed by atoms with Gasteiger partial charge in [-0.25, -0.2) is 0 Å². The average Bonchev–Trinajstić information content (AvgIpc) is 3.01. The molecule has 2 aliphatic rings. The summed E-state index contributed by atoms with van der Waals surface area (Å²) in [6.45, 7) is 3.83. The Morgan fingerprint density at radius 1 is 1.38 bits per heavy atom. The molecule has 0 aromatic heterocycles. The van der Waals surface area contributed by atoms with Crippen LogP contribution in [0.1, 0.15) is 18.6 Å². The van der Waals surface area contributed by atoms with Crippen LogP contribution in [0, 0.1) is 0 Å². The summed E-state index contributed by atoms with van der Waals surface area (Å²) in [4.78, 5) is 0. The minimum absolute atomic E-state index is 0.0544. The van der Waals surface area contributed by atoms with Gasteiger partial charge in [0.05, 0.1) is 19.3 Å². The average molecular weight is 222 g/mol. The first-order chi connectivity index (χ1) is 7.83. The first-order valence-corrected chi connectivity index (χ1v) is 5.45. The Bertz CT molecular complexity index is 387. The van der Waals surface area contributed by atoms with Crippen LogP contribution in [0.2, 0.25) is 0 Å². The van der Waals surface area contributed by atoms with Crippen molar-refractivity contribution in [3.63, 3.8) is 0 Å². The maximum Gasteiger partial charge on any atom is 0.231 e. The van der Waals surface area contributed by atoms with E-state index in [0.29, 0.717) is 19.5 Å². The molecular weight excluding hydrogens is 208 g/mol. The van der Waals surface area contributed by atoms with Gasteiger partial charge in [-0.3, -0.25) is 0 Å². The number of epoxide rings is 1. The van der Waals surface area contributed by atoms with Gasteiger partial charge in [-0.15, -0.1) is 0 Å². The fourth-order valence-corrected chi connectivity index (χ4v) is 1.68. The molecule has 0 saturated carbocycles. The Balaban J connectivity index is 1.67. The highest BCUT2D eigenvalue weighted by molar-refractivity contribution is 5.44. The Labute approximate surface area is 94.1 Å². The van der Waals surface area contributed by atoms with Crippen LogP contribution in [0.5, 0.6) is 11.5 Å². The maximum atomic E-state index is 5.69. The number of benzene rings is 1. The van der Waals surface area contributed by atoms with Crippen LogP contribution in [0.25, 0.3) is 0 Å². The van der Waals surface area contributed by atoms with E-state index >= 15 is 0 Å². The molecule has 0 bridgehead atoms. The van der Waals surface area contributed by atoms with Gasteiger partial charge in [-0.05, 0) is 24.6 Å². The third-order valence-corrected chi connectivity index (χ3v) is 2.80. The van der Waals surface area contributed by atoms with E-state index in [1.165, 1.54) is 0 Å². The summed E-state index contributed by atoms with van der Waals surface area (Å²) < 4.78 is 21.4. The van der Waals surface area contributed by atoms with Gasteiger partial charge in [0.2, 0.25) is 6.79 Å². The monoisotopic (exact) mass is 222 g/mol. The van der Waals surface area contributed by atoms with Gasteiger partial charge in [0.1, 0.15) is 6.10 Å². The predicted octanol–water partition coefficient (Wildman–Crippen LogP) is 1.89. The van der Waals surface area contributed by atoms with Crippen molar-refractivity contribution < 1.29 is 18.9 Å². The molecule has 16 heavy (non-hydrogen) atoms. The molecule has 86 valence electrons. The van der Waals surface area contributed by atoms with E-state index in [0.717, 1.165) is 23.7 Å². The second kappa shape index (κ2) is 3.96. The molecule has 1 fully saturated rings. The van der Waals surface area contributed by atoms with E-state index in [1.807, 2.05) is 25.1 Å². The second-order valence-electron chi connectivity index (χ2n) is 4.04. The van der Waals surface area contributed by atoms with Gasteiger partial charge in [0.25, 0.3) is 0 Å². The first-order valence-electron chi connectivity index (χ1n) is 5.45. The van der Waals surface area contributed by atoms with Crippen molar-refractivity contribution in [1.82, 2.24) is 0 Å². The lowest BCUT2D eigenvalue weighted by Crippen LogP contribution is -2.06. The predicted molar refractivity (Wildman–Crippen MR) is 56.7 cm³/mol. The van der Waals surface area contributed by atoms with Crippen LogP contribution in [0.4, 0.5) is 0 Å². The third-order valence-electron chi connectivity index (χ3n) is 2.80. The quantitative estimate of drug-likeness (QED) is 0.729. The zero-order valence-electron chi connectivity index (χ0n) is 9.14. The van der Waals surface area contributed by atoms with E-state index in [9.17, 15) is 0 Å². The smallest absolute Gasteiger partial charge is 0.231 e. The van der Waals surface area contributed by atoms with Crippen LogP contribution in [-0.2, 0) is 9.47 Å². The summed E-state index contributed by atoms with van der Waals surface area (Å²) >= 11 is 0. The maximum absolute atomic E-state index is 5.69. The Morgan fingerprint density at radius 2 is 2.19 bits per heavy atom. The molecule has 1 aromatic carbocycles. The van der Waals surface area contributed by atoms with Crippen molar-refractivity contribution in [1.29, 1.82) is 0 Å². The normalized spacial score (nSPS) is 23.2. The van der Waals surface area contributed by atoms with E-state index in [1.54, 1.807) is 0 Å². The molecule has 0 amide bonds. The van der Waals surface area contributed by atoms with Crippen molar-refractivity contribution in [2.45, 2.75) is 19.1 Å². The van der Waals surface area contributed by atoms with Gasteiger partial charge < -0.3 is 18.9 Å². The standard InChI is InChI=1S/C12H14O4/c1-8(13-5-10-6-14-10)9-2-3-11-12(4-9)16-7-15-11/h2-4,8,10H,5-7H2,1H3/t8-,10+/m1/s1. The summed E-state index contributed by atoms with van der Waals surface area (Å²) in [5.74, 6) is 1.61. The molecule has 1 aromatic rings. The lowest BCUT2D eigenvalue weighted by atomic mass is 10.1. The van der Waals surface area contributed by atoms with Crippen LogP contribution >= 0.6 is 0 Å². The highest BCUT2D eigenvalue weighted by Crippen LogP contribution is 2.34. The van der Waals surface area contributed by atoms with Crippen molar-refractivity contribution in [3.05, 3.63) is 23.8 Å². The molecule has 0 aliphatic carbocycles. The first kappa shape index (κ1) is 9.93. The molecule has 0 radical (unpaired) electrons. The van der Waals surface area contributed by atoms with Gasteiger partial charge in [0, 0.05) is 0 Å². The molecule has 3 rings (SSSR count). The molecule has 4 heteroatoms. The highest BCUT2D eigenvalue weighted by Gasteiger charge is 2.24. The zero-order valence-corrected chi connectivity index (χ0v) is 9.14. The topological polar surface area (TPSA) is 40.2 Å². The SMILES string of the molecule is C[C@@H](OC[C@H]1CO1)c1ccc2c(c1)OCO2. The Morgan fingerprint density at radius 3 is 3.00 bits per heavy atom. The molecule has 0 N–H and O–H groups in total. The third kappa shape index (κ3) is 1.99. The summed E-state index contributed by atoms with van der Waals surface area (Å²) in [7, 11) is 0. The number of ether oxygens (including phenoxy) is 4. The molecular formula is C12H14O4. The molecule has 4 nitrogen and oxygen atoms in total. The Kier molecular flexibility index (Phi) is 2.46. The van der Waals surface area contributed by atoms with E-state index in [4.69, 9.17) is 18.9 Å². The van der Waals surface area contributed by atoms with Crippen molar-refractivity contribution in [2.75, 3.05) is 20.0 Å². The lowest BCUT2D eigenvalue weighted by Gasteiger charge is -2.12. The van der Waals surface area contributed by atoms with Crippen LogP contribution in [0.15, 0.2) is 18.2 Å². The summed E-state index contributed by atoms with van der Waals surface area (Å²) in [5, 5.41) is 0. The summed E-state index contributed by atoms with van der Waals surface area (Å²) in [5.41, 5.74) is 1.10. The Hall–Kier alpha value is -1.26. The lowest BCUT2D eigenvalue weighted by molar-refractivity contribution is 0.0538. The van der Waals surface area contributed by atoms with Crippen molar-refractivity contribution in [3.8, 4) is 11.5 Å². The zero-order chi connectivity index (χ0) is 11.0. The second-order valence-corrected chi connectivity index (χ2v) is 4.04. The molecule has 0 unspecified atom stereocenters. The number of fused-ring (bicyclic) bond motifs is 1. The number of hydrogen-bond acceptors (Lipinski definition) is 4. The van der Waals surface area contributed by atoms with Crippen molar-refractivity contribution >= 4 is 0 Å². The molecule has 2 aliphatic heterocycles. The van der Waals surface area contributed by atoms with E-state index < -0.39 is 0 Å². The van der Waals surface area contributed by atoms with Crippen LogP contribution < -0.4 is 9.47 Å².